The summed E-state index contributed by atoms with van der Waals surface area (Å²) in [5, 5.41) is 7.67. The van der Waals surface area contributed by atoms with Gasteiger partial charge in [0.2, 0.25) is 7.28 Å². The van der Waals surface area contributed by atoms with E-state index in [0.717, 1.165) is 53.0 Å². The summed E-state index contributed by atoms with van der Waals surface area (Å²) in [4.78, 5) is 2.46. The fourth-order valence-electron chi connectivity index (χ4n) is 12.2. The maximum Gasteiger partial charge on any atom is 0.203 e. The number of benzene rings is 6. The summed E-state index contributed by atoms with van der Waals surface area (Å²) in [6, 6.07) is 41.2. The molecule has 7 aromatic rings. The van der Waals surface area contributed by atoms with Gasteiger partial charge >= 0.3 is 0 Å². The molecule has 0 saturated heterocycles. The maximum absolute atomic E-state index is 7.01. The van der Waals surface area contributed by atoms with E-state index < -0.39 is 5.41 Å². The van der Waals surface area contributed by atoms with E-state index in [1.54, 1.807) is 0 Å². The Kier molecular flexibility index (Phi) is 7.94. The molecule has 4 heteroatoms. The van der Waals surface area contributed by atoms with E-state index >= 15 is 0 Å². The number of nitrogens with zero attached hydrogens (tertiary/aromatic N) is 1. The summed E-state index contributed by atoms with van der Waals surface area (Å²) in [6.45, 7) is 16.5. The van der Waals surface area contributed by atoms with Crippen LogP contribution < -0.4 is 21.1 Å². The quantitative estimate of drug-likeness (QED) is 0.180. The van der Waals surface area contributed by atoms with Crippen molar-refractivity contribution in [2.75, 3.05) is 10.2 Å². The topological polar surface area (TPSA) is 28.4 Å². The van der Waals surface area contributed by atoms with Gasteiger partial charge in [-0.1, -0.05) is 137 Å². The highest BCUT2D eigenvalue weighted by Gasteiger charge is 2.51. The molecule has 1 atom stereocenters. The number of aryl methyl sites for hydroxylation is 1. The average molecular weight is 804 g/mol. The standard InChI is InChI=1S/C58H52BN2O/c1-8-18-47-35(3)58(42-25-14-11-21-38(42)39-22-12-15-26-43(39)58)44-27-17-24-41(54(44)60-47)51-37-20-10-9-19-36(37)32-49-53(51)59-52-40-23-13-16-28-50(40)62-55(52)61(49)48-33-46-45(31-34(48)2)56(4,5)29-30-57(46,6)7/h8-11,13-21,23-28,31-33,60H,12,22,29-30H2,1-7H3/b18-8-. The molecule has 12 rings (SSSR count). The second-order valence-corrected chi connectivity index (χ2v) is 19.7. The van der Waals surface area contributed by atoms with Crippen molar-refractivity contribution in [1.82, 2.24) is 0 Å². The molecule has 303 valence electrons. The molecule has 1 spiro atoms. The molecule has 3 nitrogen and oxygen atoms in total. The number of hydrogen-bond acceptors (Lipinski definition) is 3. The molecule has 2 aliphatic heterocycles. The minimum atomic E-state index is -0.427. The van der Waals surface area contributed by atoms with Crippen molar-refractivity contribution in [2.45, 2.75) is 90.4 Å². The van der Waals surface area contributed by atoms with Gasteiger partial charge < -0.3 is 9.73 Å². The average Bonchev–Trinajstić information content (AvgIpc) is 3.79. The molecule has 1 aromatic heterocycles. The third-order valence-corrected chi connectivity index (χ3v) is 15.4. The lowest BCUT2D eigenvalue weighted by atomic mass is 9.57. The molecule has 0 bridgehead atoms. The first-order valence-corrected chi connectivity index (χ1v) is 22.7. The van der Waals surface area contributed by atoms with Gasteiger partial charge in [-0.2, -0.15) is 0 Å². The van der Waals surface area contributed by atoms with E-state index in [0.29, 0.717) is 0 Å². The Labute approximate surface area is 366 Å². The second kappa shape index (κ2) is 13.1. The second-order valence-electron chi connectivity index (χ2n) is 19.7. The van der Waals surface area contributed by atoms with Crippen LogP contribution in [0.5, 0.6) is 0 Å². The van der Waals surface area contributed by atoms with Crippen molar-refractivity contribution in [3.8, 4) is 11.1 Å². The fourth-order valence-corrected chi connectivity index (χ4v) is 12.2. The van der Waals surface area contributed by atoms with Gasteiger partial charge in [-0.15, -0.1) is 0 Å². The zero-order chi connectivity index (χ0) is 42.3. The summed E-state index contributed by atoms with van der Waals surface area (Å²) >= 11 is 0. The van der Waals surface area contributed by atoms with Crippen LogP contribution in [0.3, 0.4) is 0 Å². The normalized spacial score (nSPS) is 20.2. The number of hydrogen-bond donors (Lipinski definition) is 1. The van der Waals surface area contributed by atoms with Gasteiger partial charge in [0.15, 0.2) is 5.88 Å². The SMILES string of the molecule is C/C=C\C1=C(C)C2(C3=C(CCC=C3)c3ccccc32)c2cccc(-c3c4c(cc5ccccc35)N(c3cc5c(cc3C)C(C)(C)CCC5(C)C)c3oc5ccccc5c3[B]4)c2N1. The first-order valence-electron chi connectivity index (χ1n) is 22.7. The number of rotatable bonds is 3. The van der Waals surface area contributed by atoms with Gasteiger partial charge in [-0.25, -0.2) is 0 Å². The van der Waals surface area contributed by atoms with E-state index in [2.05, 4.69) is 199 Å². The highest BCUT2D eigenvalue weighted by molar-refractivity contribution is 6.76. The van der Waals surface area contributed by atoms with Gasteiger partial charge in [0.1, 0.15) is 5.58 Å². The highest BCUT2D eigenvalue weighted by Crippen LogP contribution is 2.62. The Balaban J connectivity index is 1.18. The van der Waals surface area contributed by atoms with Gasteiger partial charge in [0.05, 0.1) is 16.8 Å². The lowest BCUT2D eigenvalue weighted by Crippen LogP contribution is -2.41. The number of fused-ring (bicyclic) bond motifs is 12. The monoisotopic (exact) mass is 803 g/mol. The van der Waals surface area contributed by atoms with Crippen molar-refractivity contribution < 1.29 is 4.42 Å². The van der Waals surface area contributed by atoms with Gasteiger partial charge in [0, 0.05) is 22.3 Å². The summed E-state index contributed by atoms with van der Waals surface area (Å²) in [5.74, 6) is 0.878. The van der Waals surface area contributed by atoms with Crippen molar-refractivity contribution in [1.29, 1.82) is 0 Å². The first kappa shape index (κ1) is 37.5. The van der Waals surface area contributed by atoms with Crippen molar-refractivity contribution in [2.24, 2.45) is 0 Å². The van der Waals surface area contributed by atoms with Gasteiger partial charge in [-0.05, 0) is 159 Å². The number of nitrogens with one attached hydrogen (secondary N) is 1. The molecule has 0 saturated carbocycles. The van der Waals surface area contributed by atoms with Crippen LogP contribution in [0.15, 0.2) is 155 Å². The maximum atomic E-state index is 7.01. The molecule has 5 aliphatic rings. The molecule has 0 fully saturated rings. The van der Waals surface area contributed by atoms with Gasteiger partial charge in [0.25, 0.3) is 0 Å². The van der Waals surface area contributed by atoms with Crippen molar-refractivity contribution >= 4 is 68.5 Å². The smallest absolute Gasteiger partial charge is 0.203 e. The van der Waals surface area contributed by atoms with Crippen molar-refractivity contribution in [3.05, 3.63) is 184 Å². The highest BCUT2D eigenvalue weighted by atomic mass is 16.4. The van der Waals surface area contributed by atoms with Crippen LogP contribution in [0.2, 0.25) is 0 Å². The van der Waals surface area contributed by atoms with Crippen LogP contribution in [0, 0.1) is 6.92 Å². The summed E-state index contributed by atoms with van der Waals surface area (Å²) < 4.78 is 7.01. The van der Waals surface area contributed by atoms with E-state index in [1.165, 1.54) is 95.3 Å². The summed E-state index contributed by atoms with van der Waals surface area (Å²) in [6.07, 6.45) is 13.7. The largest absolute Gasteiger partial charge is 0.440 e. The molecule has 62 heavy (non-hydrogen) atoms. The molecule has 6 aromatic carbocycles. The predicted molar refractivity (Wildman–Crippen MR) is 263 cm³/mol. The summed E-state index contributed by atoms with van der Waals surface area (Å²) in [5.41, 5.74) is 22.5. The Morgan fingerprint density at radius 1 is 0.710 bits per heavy atom. The van der Waals surface area contributed by atoms with E-state index in [9.17, 15) is 0 Å². The molecular weight excluding hydrogens is 751 g/mol. The van der Waals surface area contributed by atoms with E-state index in [1.807, 2.05) is 0 Å². The molecule has 1 radical (unpaired) electrons. The fraction of sp³-hybridized carbons (Fsp3) is 0.241. The molecule has 1 unspecified atom stereocenters. The zero-order valence-electron chi connectivity index (χ0n) is 37.0. The third kappa shape index (κ3) is 4.95. The minimum absolute atomic E-state index is 0.0476. The lowest BCUT2D eigenvalue weighted by molar-refractivity contribution is 0.332. The van der Waals surface area contributed by atoms with E-state index in [4.69, 9.17) is 4.42 Å². The number of furan rings is 1. The third-order valence-electron chi connectivity index (χ3n) is 15.4. The molecule has 1 N–H and O–H groups in total. The predicted octanol–water partition coefficient (Wildman–Crippen LogP) is 14.0. The lowest BCUT2D eigenvalue weighted by Gasteiger charge is -2.43. The number of anilines is 4. The van der Waals surface area contributed by atoms with Crippen LogP contribution in [-0.2, 0) is 16.2 Å². The Bertz CT molecular complexity index is 3240. The summed E-state index contributed by atoms with van der Waals surface area (Å²) in [7, 11) is 2.43. The Hall–Kier alpha value is -6.26. The number of para-hydroxylation sites is 2. The zero-order valence-corrected chi connectivity index (χ0v) is 37.0. The molecule has 3 heterocycles. The number of allylic oxidation sites excluding steroid dienone is 7. The van der Waals surface area contributed by atoms with E-state index in [-0.39, 0.29) is 10.8 Å². The Morgan fingerprint density at radius 3 is 2.24 bits per heavy atom. The van der Waals surface area contributed by atoms with Crippen molar-refractivity contribution in [3.63, 3.8) is 0 Å². The minimum Gasteiger partial charge on any atom is -0.440 e. The van der Waals surface area contributed by atoms with Crippen LogP contribution in [0.1, 0.15) is 101 Å². The molecule has 3 aliphatic carbocycles. The first-order chi connectivity index (χ1) is 30.0. The van der Waals surface area contributed by atoms with Crippen LogP contribution in [0.25, 0.3) is 38.4 Å². The van der Waals surface area contributed by atoms with Crippen LogP contribution in [-0.4, -0.2) is 7.28 Å². The Morgan fingerprint density at radius 2 is 1.42 bits per heavy atom. The van der Waals surface area contributed by atoms with Crippen LogP contribution in [0.4, 0.5) is 22.9 Å². The molecule has 0 amide bonds. The molecular formula is C58H52BN2O. The van der Waals surface area contributed by atoms with Crippen LogP contribution >= 0.6 is 0 Å². The van der Waals surface area contributed by atoms with Gasteiger partial charge in [-0.3, -0.25) is 4.90 Å².